The molecule has 0 saturated heterocycles. The van der Waals surface area contributed by atoms with Crippen molar-refractivity contribution in [2.75, 3.05) is 5.32 Å². The predicted molar refractivity (Wildman–Crippen MR) is 59.1 cm³/mol. The smallest absolute Gasteiger partial charge is 0.327 e. The van der Waals surface area contributed by atoms with Crippen LogP contribution < -0.4 is 10.6 Å². The Balaban J connectivity index is 2.49. The number of hydrogen-bond donors (Lipinski definition) is 3. The molecule has 3 N–H and O–H groups in total. The van der Waals surface area contributed by atoms with Crippen LogP contribution in [0.5, 0.6) is 0 Å². The van der Waals surface area contributed by atoms with Crippen LogP contribution in [-0.2, 0) is 4.79 Å². The topological polar surface area (TPSA) is 91.3 Å². The molecule has 0 aliphatic carbocycles. The number of terminal acetylenes is 1. The maximum Gasteiger partial charge on any atom is 0.327 e. The van der Waals surface area contributed by atoms with Gasteiger partial charge in [0.2, 0.25) is 0 Å². The van der Waals surface area contributed by atoms with E-state index in [0.717, 1.165) is 0 Å². The number of anilines is 1. The predicted octanol–water partition coefficient (Wildman–Crippen LogP) is 0.741. The van der Waals surface area contributed by atoms with Crippen LogP contribution in [0, 0.1) is 12.3 Å². The normalized spacial score (nSPS) is 11.2. The van der Waals surface area contributed by atoms with E-state index in [4.69, 9.17) is 11.5 Å². The number of aromatic nitrogens is 1. The van der Waals surface area contributed by atoms with Gasteiger partial charge in [0, 0.05) is 18.0 Å². The van der Waals surface area contributed by atoms with Crippen molar-refractivity contribution in [1.82, 2.24) is 10.3 Å². The van der Waals surface area contributed by atoms with Crippen molar-refractivity contribution in [3.63, 3.8) is 0 Å². The van der Waals surface area contributed by atoms with Gasteiger partial charge in [-0.2, -0.15) is 0 Å². The number of carboxylic acid groups (broad SMARTS) is 1. The lowest BCUT2D eigenvalue weighted by Crippen LogP contribution is -2.42. The summed E-state index contributed by atoms with van der Waals surface area (Å²) in [7, 11) is 0. The molecule has 7 heteroatoms. The highest BCUT2D eigenvalue weighted by atomic mass is 32.1. The number of aliphatic carboxylic acids is 1. The first-order chi connectivity index (χ1) is 7.63. The highest BCUT2D eigenvalue weighted by molar-refractivity contribution is 7.13. The maximum atomic E-state index is 11.3. The van der Waals surface area contributed by atoms with E-state index in [1.54, 1.807) is 5.38 Å². The van der Waals surface area contributed by atoms with E-state index in [1.807, 2.05) is 0 Å². The van der Waals surface area contributed by atoms with Gasteiger partial charge in [-0.1, -0.05) is 0 Å². The molecule has 0 spiro atoms. The minimum Gasteiger partial charge on any atom is -0.480 e. The molecule has 16 heavy (non-hydrogen) atoms. The Kier molecular flexibility index (Phi) is 4.29. The monoisotopic (exact) mass is 239 g/mol. The third kappa shape index (κ3) is 3.59. The molecule has 0 aliphatic heterocycles. The van der Waals surface area contributed by atoms with Gasteiger partial charge in [-0.3, -0.25) is 5.32 Å². The van der Waals surface area contributed by atoms with Gasteiger partial charge in [0.15, 0.2) is 5.13 Å². The van der Waals surface area contributed by atoms with Gasteiger partial charge in [-0.15, -0.1) is 23.7 Å². The van der Waals surface area contributed by atoms with Crippen LogP contribution in [0.4, 0.5) is 9.93 Å². The zero-order valence-electron chi connectivity index (χ0n) is 8.14. The molecule has 6 nitrogen and oxygen atoms in total. The van der Waals surface area contributed by atoms with E-state index in [1.165, 1.54) is 17.5 Å². The molecule has 0 radical (unpaired) electrons. The third-order valence-electron chi connectivity index (χ3n) is 1.58. The summed E-state index contributed by atoms with van der Waals surface area (Å²) < 4.78 is 0. The Labute approximate surface area is 95.7 Å². The fourth-order valence-corrected chi connectivity index (χ4v) is 1.42. The quantitative estimate of drug-likeness (QED) is 0.676. The lowest BCUT2D eigenvalue weighted by Gasteiger charge is -2.11. The van der Waals surface area contributed by atoms with E-state index < -0.39 is 18.0 Å². The van der Waals surface area contributed by atoms with Crippen molar-refractivity contribution in [3.05, 3.63) is 11.6 Å². The van der Waals surface area contributed by atoms with Gasteiger partial charge in [-0.25, -0.2) is 14.6 Å². The average Bonchev–Trinajstić information content (AvgIpc) is 2.69. The van der Waals surface area contributed by atoms with Crippen LogP contribution in [0.1, 0.15) is 6.42 Å². The minimum absolute atomic E-state index is 0.0688. The van der Waals surface area contributed by atoms with Gasteiger partial charge in [0.25, 0.3) is 0 Å². The minimum atomic E-state index is -1.17. The van der Waals surface area contributed by atoms with Crippen LogP contribution in [0.25, 0.3) is 0 Å². The summed E-state index contributed by atoms with van der Waals surface area (Å²) in [5.74, 6) is 1.00. The highest BCUT2D eigenvalue weighted by Crippen LogP contribution is 2.09. The number of carbonyl (C=O) groups excluding carboxylic acids is 1. The Hall–Kier alpha value is -2.07. The number of nitrogens with one attached hydrogen (secondary N) is 2. The molecule has 1 rings (SSSR count). The summed E-state index contributed by atoms with van der Waals surface area (Å²) in [6.07, 6.45) is 6.44. The van der Waals surface area contributed by atoms with E-state index >= 15 is 0 Å². The first kappa shape index (κ1) is 12.0. The molecular weight excluding hydrogens is 230 g/mol. The lowest BCUT2D eigenvalue weighted by molar-refractivity contribution is -0.139. The number of nitrogens with zero attached hydrogens (tertiary/aromatic N) is 1. The van der Waals surface area contributed by atoms with Crippen LogP contribution in [0.2, 0.25) is 0 Å². The largest absolute Gasteiger partial charge is 0.480 e. The Morgan fingerprint density at radius 1 is 1.69 bits per heavy atom. The first-order valence-electron chi connectivity index (χ1n) is 4.26. The summed E-state index contributed by atoms with van der Waals surface area (Å²) in [4.78, 5) is 25.8. The van der Waals surface area contributed by atoms with Crippen molar-refractivity contribution in [3.8, 4) is 12.3 Å². The average molecular weight is 239 g/mol. The molecule has 1 aromatic heterocycles. The van der Waals surface area contributed by atoms with E-state index in [0.29, 0.717) is 5.13 Å². The van der Waals surface area contributed by atoms with E-state index in [-0.39, 0.29) is 6.42 Å². The molecule has 1 atom stereocenters. The van der Waals surface area contributed by atoms with Gasteiger partial charge in [0.1, 0.15) is 6.04 Å². The van der Waals surface area contributed by atoms with Crippen molar-refractivity contribution < 1.29 is 14.7 Å². The molecule has 0 aromatic carbocycles. The van der Waals surface area contributed by atoms with Gasteiger partial charge in [0.05, 0.1) is 0 Å². The number of amides is 2. The summed E-state index contributed by atoms with van der Waals surface area (Å²) in [5.41, 5.74) is 0. The van der Waals surface area contributed by atoms with Crippen molar-refractivity contribution in [2.24, 2.45) is 0 Å². The van der Waals surface area contributed by atoms with Gasteiger partial charge >= 0.3 is 12.0 Å². The second-order valence-electron chi connectivity index (χ2n) is 2.73. The Bertz CT molecular complexity index is 410. The van der Waals surface area contributed by atoms with Crippen LogP contribution >= 0.6 is 11.3 Å². The summed E-state index contributed by atoms with van der Waals surface area (Å²) in [5, 5.41) is 15.4. The SMILES string of the molecule is C#CCC(NC(=O)Nc1nccs1)C(=O)O. The van der Waals surface area contributed by atoms with Crippen molar-refractivity contribution in [1.29, 1.82) is 0 Å². The third-order valence-corrected chi connectivity index (χ3v) is 2.27. The van der Waals surface area contributed by atoms with E-state index in [9.17, 15) is 9.59 Å². The molecule has 0 bridgehead atoms. The van der Waals surface area contributed by atoms with Crippen molar-refractivity contribution in [2.45, 2.75) is 12.5 Å². The molecule has 2 amide bonds. The number of hydrogen-bond acceptors (Lipinski definition) is 4. The standard InChI is InChI=1S/C9H9N3O3S/c1-2-3-6(7(13)14)11-8(15)12-9-10-4-5-16-9/h1,4-6H,3H2,(H,13,14)(H2,10,11,12,15). The Morgan fingerprint density at radius 2 is 2.44 bits per heavy atom. The molecule has 0 aliphatic rings. The summed E-state index contributed by atoms with van der Waals surface area (Å²) in [6.45, 7) is 0. The molecule has 1 heterocycles. The number of thiazole rings is 1. The molecule has 1 aromatic rings. The van der Waals surface area contributed by atoms with Crippen LogP contribution in [-0.4, -0.2) is 28.1 Å². The van der Waals surface area contributed by atoms with Gasteiger partial charge in [-0.05, 0) is 0 Å². The second-order valence-corrected chi connectivity index (χ2v) is 3.63. The first-order valence-corrected chi connectivity index (χ1v) is 5.14. The van der Waals surface area contributed by atoms with Gasteiger partial charge < -0.3 is 10.4 Å². The lowest BCUT2D eigenvalue weighted by atomic mass is 10.2. The zero-order valence-corrected chi connectivity index (χ0v) is 8.95. The Morgan fingerprint density at radius 3 is 2.94 bits per heavy atom. The number of rotatable bonds is 4. The van der Waals surface area contributed by atoms with E-state index in [2.05, 4.69) is 21.5 Å². The fraction of sp³-hybridized carbons (Fsp3) is 0.222. The number of urea groups is 1. The van der Waals surface area contributed by atoms with Crippen LogP contribution in [0.15, 0.2) is 11.6 Å². The summed E-state index contributed by atoms with van der Waals surface area (Å²) >= 11 is 1.23. The second kappa shape index (κ2) is 5.72. The maximum absolute atomic E-state index is 11.3. The molecular formula is C9H9N3O3S. The molecule has 0 saturated carbocycles. The highest BCUT2D eigenvalue weighted by Gasteiger charge is 2.18. The molecule has 84 valence electrons. The van der Waals surface area contributed by atoms with Crippen LogP contribution in [0.3, 0.4) is 0 Å². The molecule has 1 unspecified atom stereocenters. The molecule has 0 fully saturated rings. The van der Waals surface area contributed by atoms with Crippen molar-refractivity contribution >= 4 is 28.5 Å². The summed E-state index contributed by atoms with van der Waals surface area (Å²) in [6, 6.07) is -1.73. The number of carbonyl (C=O) groups is 2. The number of carboxylic acids is 1. The zero-order chi connectivity index (χ0) is 12.0. The fourth-order valence-electron chi connectivity index (χ4n) is 0.895.